The second-order valence-electron chi connectivity index (χ2n) is 3.58. The summed E-state index contributed by atoms with van der Waals surface area (Å²) in [6, 6.07) is 1.67. The van der Waals surface area contributed by atoms with Crippen LogP contribution in [0.5, 0.6) is 0 Å². The van der Waals surface area contributed by atoms with Crippen LogP contribution in [0.3, 0.4) is 0 Å². The lowest BCUT2D eigenvalue weighted by Gasteiger charge is -2.05. The summed E-state index contributed by atoms with van der Waals surface area (Å²) in [4.78, 5) is 11.1. The van der Waals surface area contributed by atoms with Gasteiger partial charge in [-0.25, -0.2) is 5.84 Å². The number of nitrogens with two attached hydrogens (primary N) is 1. The summed E-state index contributed by atoms with van der Waals surface area (Å²) >= 11 is 1.65. The minimum Gasteiger partial charge on any atom is -0.468 e. The first-order chi connectivity index (χ1) is 7.67. The molecule has 0 spiro atoms. The minimum absolute atomic E-state index is 0.186. The lowest BCUT2D eigenvalue weighted by atomic mass is 10.2. The Morgan fingerprint density at radius 2 is 2.50 bits per heavy atom. The molecule has 1 aromatic heterocycles. The monoisotopic (exact) mass is 244 g/mol. The van der Waals surface area contributed by atoms with Crippen LogP contribution in [0.25, 0.3) is 0 Å². The van der Waals surface area contributed by atoms with Crippen molar-refractivity contribution in [2.45, 2.75) is 12.7 Å². The fourth-order valence-corrected chi connectivity index (χ4v) is 2.05. The van der Waals surface area contributed by atoms with Crippen LogP contribution in [0, 0.1) is 5.92 Å². The topological polar surface area (TPSA) is 88.5 Å². The Labute approximate surface area is 98.4 Å². The number of aliphatic hydroxyl groups is 1. The highest BCUT2D eigenvalue weighted by Gasteiger charge is 2.09. The molecule has 1 rings (SSSR count). The normalized spacial score (nSPS) is 12.4. The molecule has 0 aromatic carbocycles. The smallest absolute Gasteiger partial charge is 0.268 e. The molecule has 16 heavy (non-hydrogen) atoms. The van der Waals surface area contributed by atoms with Crippen LogP contribution >= 0.6 is 11.8 Å². The molecule has 1 heterocycles. The van der Waals surface area contributed by atoms with Gasteiger partial charge in [0.25, 0.3) is 5.91 Å². The number of amides is 1. The maximum Gasteiger partial charge on any atom is 0.268 e. The maximum atomic E-state index is 11.1. The van der Waals surface area contributed by atoms with Gasteiger partial charge < -0.3 is 9.52 Å². The van der Waals surface area contributed by atoms with E-state index in [2.05, 4.69) is 0 Å². The van der Waals surface area contributed by atoms with Gasteiger partial charge >= 0.3 is 0 Å². The predicted octanol–water partition coefficient (Wildman–Crippen LogP) is 0.745. The molecule has 0 saturated heterocycles. The zero-order valence-electron chi connectivity index (χ0n) is 9.10. The number of aliphatic hydroxyl groups excluding tert-OH is 1. The van der Waals surface area contributed by atoms with Gasteiger partial charge in [-0.3, -0.25) is 10.2 Å². The van der Waals surface area contributed by atoms with E-state index in [1.54, 1.807) is 17.8 Å². The molecule has 0 saturated carbocycles. The van der Waals surface area contributed by atoms with Crippen molar-refractivity contribution in [3.63, 3.8) is 0 Å². The first-order valence-corrected chi connectivity index (χ1v) is 6.09. The van der Waals surface area contributed by atoms with Crippen LogP contribution in [0.4, 0.5) is 0 Å². The summed E-state index contributed by atoms with van der Waals surface area (Å²) in [7, 11) is 0. The standard InChI is InChI=1S/C10H16N2O3S/c1-7(3-13)5-16-6-9-2-8(4-15-9)10(14)12-11/h2,4,7,13H,3,5-6,11H2,1H3,(H,12,14). The number of hydrazine groups is 1. The van der Waals surface area contributed by atoms with Gasteiger partial charge in [0, 0.05) is 6.61 Å². The van der Waals surface area contributed by atoms with Crippen molar-refractivity contribution in [2.75, 3.05) is 12.4 Å². The number of carbonyl (C=O) groups excluding carboxylic acids is 1. The molecule has 0 aliphatic carbocycles. The van der Waals surface area contributed by atoms with Gasteiger partial charge in [0.2, 0.25) is 0 Å². The van der Waals surface area contributed by atoms with E-state index in [9.17, 15) is 4.79 Å². The van der Waals surface area contributed by atoms with E-state index in [0.717, 1.165) is 11.5 Å². The number of rotatable bonds is 6. The van der Waals surface area contributed by atoms with Crippen LogP contribution in [0.15, 0.2) is 16.7 Å². The number of hydrogen-bond donors (Lipinski definition) is 3. The highest BCUT2D eigenvalue weighted by Crippen LogP contribution is 2.17. The number of hydrogen-bond acceptors (Lipinski definition) is 5. The van der Waals surface area contributed by atoms with Crippen molar-refractivity contribution in [1.29, 1.82) is 0 Å². The Morgan fingerprint density at radius 3 is 3.12 bits per heavy atom. The number of nitrogens with one attached hydrogen (secondary N) is 1. The molecule has 0 aliphatic heterocycles. The van der Waals surface area contributed by atoms with Gasteiger partial charge in [-0.05, 0) is 17.7 Å². The van der Waals surface area contributed by atoms with Crippen molar-refractivity contribution in [3.8, 4) is 0 Å². The molecule has 90 valence electrons. The Kier molecular flexibility index (Phi) is 5.37. The highest BCUT2D eigenvalue weighted by molar-refractivity contribution is 7.98. The molecule has 1 unspecified atom stereocenters. The van der Waals surface area contributed by atoms with Crippen molar-refractivity contribution in [1.82, 2.24) is 5.43 Å². The molecule has 1 atom stereocenters. The fourth-order valence-electron chi connectivity index (χ4n) is 1.07. The molecule has 0 radical (unpaired) electrons. The summed E-state index contributed by atoms with van der Waals surface area (Å²) in [6.45, 7) is 2.16. The summed E-state index contributed by atoms with van der Waals surface area (Å²) < 4.78 is 5.20. The SMILES string of the molecule is CC(CO)CSCc1cc(C(=O)NN)co1. The van der Waals surface area contributed by atoms with E-state index in [4.69, 9.17) is 15.4 Å². The summed E-state index contributed by atoms with van der Waals surface area (Å²) in [5.74, 6) is 7.18. The summed E-state index contributed by atoms with van der Waals surface area (Å²) in [5, 5.41) is 8.84. The number of thioether (sulfide) groups is 1. The Balaban J connectivity index is 2.38. The summed E-state index contributed by atoms with van der Waals surface area (Å²) in [6.07, 6.45) is 1.38. The van der Waals surface area contributed by atoms with Crippen LogP contribution < -0.4 is 11.3 Å². The van der Waals surface area contributed by atoms with Crippen molar-refractivity contribution in [2.24, 2.45) is 11.8 Å². The average molecular weight is 244 g/mol. The van der Waals surface area contributed by atoms with E-state index in [1.165, 1.54) is 6.26 Å². The van der Waals surface area contributed by atoms with Crippen molar-refractivity contribution >= 4 is 17.7 Å². The molecule has 0 bridgehead atoms. The van der Waals surface area contributed by atoms with Crippen LogP contribution in [-0.2, 0) is 5.75 Å². The second-order valence-corrected chi connectivity index (χ2v) is 4.61. The molecule has 6 heteroatoms. The molecule has 4 N–H and O–H groups in total. The largest absolute Gasteiger partial charge is 0.468 e. The Morgan fingerprint density at radius 1 is 1.75 bits per heavy atom. The minimum atomic E-state index is -0.358. The Bertz CT molecular complexity index is 341. The van der Waals surface area contributed by atoms with Crippen LogP contribution in [-0.4, -0.2) is 23.4 Å². The van der Waals surface area contributed by atoms with E-state index >= 15 is 0 Å². The molecule has 0 fully saturated rings. The molecule has 1 aromatic rings. The highest BCUT2D eigenvalue weighted by atomic mass is 32.2. The predicted molar refractivity (Wildman–Crippen MR) is 62.8 cm³/mol. The van der Waals surface area contributed by atoms with E-state index in [-0.39, 0.29) is 18.4 Å². The lowest BCUT2D eigenvalue weighted by molar-refractivity contribution is 0.0953. The van der Waals surface area contributed by atoms with Crippen molar-refractivity contribution < 1.29 is 14.3 Å². The number of carbonyl (C=O) groups is 1. The maximum absolute atomic E-state index is 11.1. The van der Waals surface area contributed by atoms with E-state index in [1.807, 2.05) is 12.3 Å². The molecular weight excluding hydrogens is 228 g/mol. The molecule has 0 aliphatic rings. The molecule has 5 nitrogen and oxygen atoms in total. The van der Waals surface area contributed by atoms with Crippen LogP contribution in [0.2, 0.25) is 0 Å². The average Bonchev–Trinajstić information content (AvgIpc) is 2.76. The first-order valence-electron chi connectivity index (χ1n) is 4.94. The molecule has 1 amide bonds. The zero-order chi connectivity index (χ0) is 12.0. The van der Waals surface area contributed by atoms with Gasteiger partial charge in [-0.1, -0.05) is 6.92 Å². The third-order valence-corrected chi connectivity index (χ3v) is 3.30. The van der Waals surface area contributed by atoms with Gasteiger partial charge in [-0.2, -0.15) is 11.8 Å². The van der Waals surface area contributed by atoms with Gasteiger partial charge in [-0.15, -0.1) is 0 Å². The lowest BCUT2D eigenvalue weighted by Crippen LogP contribution is -2.29. The van der Waals surface area contributed by atoms with Gasteiger partial charge in [0.1, 0.15) is 12.0 Å². The third-order valence-electron chi connectivity index (χ3n) is 2.01. The van der Waals surface area contributed by atoms with Crippen LogP contribution in [0.1, 0.15) is 23.0 Å². The number of furan rings is 1. The van der Waals surface area contributed by atoms with Gasteiger partial charge in [0.05, 0.1) is 11.3 Å². The van der Waals surface area contributed by atoms with Crippen molar-refractivity contribution in [3.05, 3.63) is 23.7 Å². The zero-order valence-corrected chi connectivity index (χ0v) is 9.92. The van der Waals surface area contributed by atoms with E-state index < -0.39 is 0 Å². The quantitative estimate of drug-likeness (QED) is 0.390. The first kappa shape index (κ1) is 13.1. The van der Waals surface area contributed by atoms with E-state index in [0.29, 0.717) is 11.3 Å². The number of nitrogen functional groups attached to an aromatic ring is 1. The summed E-state index contributed by atoms with van der Waals surface area (Å²) in [5.41, 5.74) is 2.46. The third kappa shape index (κ3) is 3.88. The van der Waals surface area contributed by atoms with Gasteiger partial charge in [0.15, 0.2) is 0 Å². The molecular formula is C10H16N2O3S. The fraction of sp³-hybridized carbons (Fsp3) is 0.500. The second kappa shape index (κ2) is 6.57. The Hall–Kier alpha value is -0.980.